The van der Waals surface area contributed by atoms with E-state index in [1.807, 2.05) is 0 Å². The summed E-state index contributed by atoms with van der Waals surface area (Å²) in [6, 6.07) is 11.9. The standard InChI is InChI=1S/C16H10ClFO3/c17-15(19)10-7-11-5-8-12(9-6-11)21-16(20)13-3-1-2-4-14(13)18/h1-10H. The van der Waals surface area contributed by atoms with Gasteiger partial charge in [-0.2, -0.15) is 0 Å². The van der Waals surface area contributed by atoms with Crippen molar-refractivity contribution in [2.75, 3.05) is 0 Å². The molecule has 0 N–H and O–H groups in total. The van der Waals surface area contributed by atoms with Crippen molar-refractivity contribution in [1.29, 1.82) is 0 Å². The molecule has 0 saturated heterocycles. The second-order valence-electron chi connectivity index (χ2n) is 4.08. The Morgan fingerprint density at radius 2 is 1.71 bits per heavy atom. The fourth-order valence-corrected chi connectivity index (χ4v) is 1.66. The zero-order chi connectivity index (χ0) is 15.2. The van der Waals surface area contributed by atoms with E-state index in [1.165, 1.54) is 42.5 Å². The van der Waals surface area contributed by atoms with Gasteiger partial charge in [-0.15, -0.1) is 0 Å². The number of carbonyl (C=O) groups is 2. The minimum Gasteiger partial charge on any atom is -0.423 e. The van der Waals surface area contributed by atoms with Crippen LogP contribution >= 0.6 is 11.6 Å². The molecule has 0 spiro atoms. The van der Waals surface area contributed by atoms with Gasteiger partial charge in [0.2, 0.25) is 5.24 Å². The molecule has 0 atom stereocenters. The number of halogens is 2. The van der Waals surface area contributed by atoms with Crippen molar-refractivity contribution in [2.45, 2.75) is 0 Å². The maximum Gasteiger partial charge on any atom is 0.346 e. The molecule has 0 saturated carbocycles. The Balaban J connectivity index is 2.09. The van der Waals surface area contributed by atoms with Crippen LogP contribution in [0.25, 0.3) is 6.08 Å². The van der Waals surface area contributed by atoms with Crippen molar-refractivity contribution in [3.05, 3.63) is 71.6 Å². The van der Waals surface area contributed by atoms with Crippen molar-refractivity contribution in [3.63, 3.8) is 0 Å². The van der Waals surface area contributed by atoms with Gasteiger partial charge in [0.25, 0.3) is 0 Å². The van der Waals surface area contributed by atoms with E-state index < -0.39 is 17.0 Å². The molecule has 21 heavy (non-hydrogen) atoms. The van der Waals surface area contributed by atoms with Gasteiger partial charge in [-0.3, -0.25) is 4.79 Å². The Morgan fingerprint density at radius 1 is 1.05 bits per heavy atom. The molecule has 0 aliphatic rings. The predicted octanol–water partition coefficient (Wildman–Crippen LogP) is 3.82. The normalized spacial score (nSPS) is 10.6. The monoisotopic (exact) mass is 304 g/mol. The third kappa shape index (κ3) is 4.26. The van der Waals surface area contributed by atoms with Gasteiger partial charge in [-0.1, -0.05) is 30.3 Å². The summed E-state index contributed by atoms with van der Waals surface area (Å²) in [7, 11) is 0. The average Bonchev–Trinajstić information content (AvgIpc) is 2.47. The van der Waals surface area contributed by atoms with Crippen molar-refractivity contribution in [1.82, 2.24) is 0 Å². The van der Waals surface area contributed by atoms with Gasteiger partial charge in [0.15, 0.2) is 0 Å². The first-order chi connectivity index (χ1) is 10.1. The molecular weight excluding hydrogens is 295 g/mol. The smallest absolute Gasteiger partial charge is 0.346 e. The van der Waals surface area contributed by atoms with Crippen LogP contribution < -0.4 is 4.74 Å². The molecule has 0 aliphatic heterocycles. The molecule has 0 radical (unpaired) electrons. The SMILES string of the molecule is O=C(Cl)C=Cc1ccc(OC(=O)c2ccccc2F)cc1. The Hall–Kier alpha value is -2.46. The third-order valence-corrected chi connectivity index (χ3v) is 2.72. The summed E-state index contributed by atoms with van der Waals surface area (Å²) in [5, 5.41) is -0.579. The Labute approximate surface area is 125 Å². The lowest BCUT2D eigenvalue weighted by atomic mass is 10.2. The molecule has 106 valence electrons. The molecule has 0 amide bonds. The molecule has 0 fully saturated rings. The molecule has 2 rings (SSSR count). The summed E-state index contributed by atoms with van der Waals surface area (Å²) in [6.07, 6.45) is 2.74. The number of hydrogen-bond acceptors (Lipinski definition) is 3. The lowest BCUT2D eigenvalue weighted by Gasteiger charge is -2.05. The highest BCUT2D eigenvalue weighted by molar-refractivity contribution is 6.66. The van der Waals surface area contributed by atoms with E-state index in [9.17, 15) is 14.0 Å². The highest BCUT2D eigenvalue weighted by Gasteiger charge is 2.12. The first-order valence-corrected chi connectivity index (χ1v) is 6.38. The molecular formula is C16H10ClFO3. The fourth-order valence-electron chi connectivity index (χ4n) is 1.60. The van der Waals surface area contributed by atoms with Crippen molar-refractivity contribution in [2.24, 2.45) is 0 Å². The van der Waals surface area contributed by atoms with Crippen LogP contribution in [0.5, 0.6) is 5.75 Å². The number of carbonyl (C=O) groups excluding carboxylic acids is 2. The van der Waals surface area contributed by atoms with Crippen LogP contribution in [0.2, 0.25) is 0 Å². The van der Waals surface area contributed by atoms with Crippen LogP contribution in [-0.4, -0.2) is 11.2 Å². The minimum absolute atomic E-state index is 0.130. The van der Waals surface area contributed by atoms with Crippen molar-refractivity contribution < 1.29 is 18.7 Å². The second-order valence-corrected chi connectivity index (χ2v) is 4.45. The average molecular weight is 305 g/mol. The van der Waals surface area contributed by atoms with Gasteiger partial charge in [0.1, 0.15) is 11.6 Å². The number of allylic oxidation sites excluding steroid dienone is 1. The molecule has 2 aromatic carbocycles. The van der Waals surface area contributed by atoms with E-state index in [1.54, 1.807) is 18.2 Å². The Kier molecular flexibility index (Phi) is 4.85. The van der Waals surface area contributed by atoms with E-state index in [4.69, 9.17) is 16.3 Å². The largest absolute Gasteiger partial charge is 0.423 e. The Bertz CT molecular complexity index is 693. The summed E-state index contributed by atoms with van der Waals surface area (Å²) >= 11 is 5.18. The third-order valence-electron chi connectivity index (χ3n) is 2.59. The molecule has 3 nitrogen and oxygen atoms in total. The van der Waals surface area contributed by atoms with Crippen molar-refractivity contribution >= 4 is 28.9 Å². The Morgan fingerprint density at radius 3 is 2.33 bits per heavy atom. The fraction of sp³-hybridized carbons (Fsp3) is 0. The first-order valence-electron chi connectivity index (χ1n) is 6.00. The number of hydrogen-bond donors (Lipinski definition) is 0. The van der Waals surface area contributed by atoms with Crippen LogP contribution in [0, 0.1) is 5.82 Å². The summed E-state index contributed by atoms with van der Waals surface area (Å²) < 4.78 is 18.5. The molecule has 0 aliphatic carbocycles. The van der Waals surface area contributed by atoms with E-state index in [-0.39, 0.29) is 11.3 Å². The second kappa shape index (κ2) is 6.81. The maximum atomic E-state index is 13.4. The van der Waals surface area contributed by atoms with Gasteiger partial charge < -0.3 is 4.74 Å². The topological polar surface area (TPSA) is 43.4 Å². The highest BCUT2D eigenvalue weighted by atomic mass is 35.5. The number of ether oxygens (including phenoxy) is 1. The minimum atomic E-state index is -0.771. The highest BCUT2D eigenvalue weighted by Crippen LogP contribution is 2.16. The van der Waals surface area contributed by atoms with E-state index in [0.717, 1.165) is 5.56 Å². The molecule has 0 aromatic heterocycles. The van der Waals surface area contributed by atoms with E-state index in [0.29, 0.717) is 0 Å². The van der Waals surface area contributed by atoms with E-state index in [2.05, 4.69) is 0 Å². The van der Waals surface area contributed by atoms with Crippen LogP contribution in [0.15, 0.2) is 54.6 Å². The van der Waals surface area contributed by atoms with Gasteiger partial charge in [-0.05, 0) is 47.5 Å². The quantitative estimate of drug-likeness (QED) is 0.373. The summed E-state index contributed by atoms with van der Waals surface area (Å²) in [5.41, 5.74) is 0.587. The summed E-state index contributed by atoms with van der Waals surface area (Å²) in [4.78, 5) is 22.4. The molecule has 0 bridgehead atoms. The molecule has 2 aromatic rings. The maximum absolute atomic E-state index is 13.4. The van der Waals surface area contributed by atoms with Crippen LogP contribution in [0.3, 0.4) is 0 Å². The molecule has 0 heterocycles. The summed E-state index contributed by atoms with van der Waals surface area (Å²) in [5.74, 6) is -1.13. The van der Waals surface area contributed by atoms with Crippen LogP contribution in [0.4, 0.5) is 4.39 Å². The van der Waals surface area contributed by atoms with Gasteiger partial charge in [-0.25, -0.2) is 9.18 Å². The number of rotatable bonds is 4. The molecule has 5 heteroatoms. The van der Waals surface area contributed by atoms with Gasteiger partial charge >= 0.3 is 5.97 Å². The summed E-state index contributed by atoms with van der Waals surface area (Å²) in [6.45, 7) is 0. The van der Waals surface area contributed by atoms with Crippen LogP contribution in [-0.2, 0) is 4.79 Å². The first kappa shape index (κ1) is 14.9. The van der Waals surface area contributed by atoms with E-state index >= 15 is 0 Å². The molecule has 0 unspecified atom stereocenters. The number of esters is 1. The lowest BCUT2D eigenvalue weighted by Crippen LogP contribution is -2.10. The zero-order valence-corrected chi connectivity index (χ0v) is 11.5. The predicted molar refractivity (Wildman–Crippen MR) is 77.7 cm³/mol. The van der Waals surface area contributed by atoms with Gasteiger partial charge in [0, 0.05) is 0 Å². The van der Waals surface area contributed by atoms with Crippen molar-refractivity contribution in [3.8, 4) is 5.75 Å². The zero-order valence-electron chi connectivity index (χ0n) is 10.8. The van der Waals surface area contributed by atoms with Gasteiger partial charge in [0.05, 0.1) is 5.56 Å². The van der Waals surface area contributed by atoms with Crippen LogP contribution in [0.1, 0.15) is 15.9 Å². The number of benzene rings is 2. The lowest BCUT2D eigenvalue weighted by molar-refractivity contribution is -0.107.